The highest BCUT2D eigenvalue weighted by atomic mass is 79.9. The Morgan fingerprint density at radius 1 is 1.39 bits per heavy atom. The Hall–Kier alpha value is 0.100. The molecule has 104 valence electrons. The van der Waals surface area contributed by atoms with E-state index in [-0.39, 0.29) is 0 Å². The van der Waals surface area contributed by atoms with Crippen molar-refractivity contribution in [2.24, 2.45) is 11.7 Å². The number of nitrogens with two attached hydrogens (primary N) is 1. The second-order valence-electron chi connectivity index (χ2n) is 5.45. The molecule has 1 heterocycles. The van der Waals surface area contributed by atoms with E-state index in [1.54, 1.807) is 0 Å². The average Bonchev–Trinajstić information content (AvgIpc) is 2.58. The van der Waals surface area contributed by atoms with Crippen LogP contribution in [0.4, 0.5) is 0 Å². The van der Waals surface area contributed by atoms with E-state index >= 15 is 0 Å². The van der Waals surface area contributed by atoms with Crippen LogP contribution in [-0.2, 0) is 0 Å². The molecule has 2 N–H and O–H groups in total. The van der Waals surface area contributed by atoms with Crippen molar-refractivity contribution in [1.82, 2.24) is 4.90 Å². The zero-order chi connectivity index (χ0) is 13.9. The molecule has 0 aliphatic heterocycles. The van der Waals surface area contributed by atoms with E-state index in [2.05, 4.69) is 61.6 Å². The molecule has 2 nitrogen and oxygen atoms in total. The minimum absolute atomic E-state index is 0.328. The maximum absolute atomic E-state index is 5.98. The molecule has 0 aliphatic carbocycles. The van der Waals surface area contributed by atoms with Gasteiger partial charge in [-0.15, -0.1) is 11.3 Å². The van der Waals surface area contributed by atoms with Gasteiger partial charge in [0.1, 0.15) is 0 Å². The van der Waals surface area contributed by atoms with Crippen molar-refractivity contribution in [2.45, 2.75) is 46.2 Å². The molecule has 2 unspecified atom stereocenters. The summed E-state index contributed by atoms with van der Waals surface area (Å²) in [5.41, 5.74) is 5.98. The minimum atomic E-state index is 0.328. The highest BCUT2D eigenvalue weighted by Crippen LogP contribution is 2.33. The highest BCUT2D eigenvalue weighted by molar-refractivity contribution is 9.10. The smallest absolute Gasteiger partial charge is 0.0564 e. The van der Waals surface area contributed by atoms with Gasteiger partial charge in [-0.2, -0.15) is 0 Å². The predicted octanol–water partition coefficient (Wildman–Crippen LogP) is 4.19. The number of hydrogen-bond donors (Lipinski definition) is 1. The lowest BCUT2D eigenvalue weighted by Gasteiger charge is -2.32. The lowest BCUT2D eigenvalue weighted by molar-refractivity contribution is 0.171. The third kappa shape index (κ3) is 4.05. The van der Waals surface area contributed by atoms with Crippen molar-refractivity contribution in [3.8, 4) is 0 Å². The summed E-state index contributed by atoms with van der Waals surface area (Å²) in [6, 6.07) is 3.10. The van der Waals surface area contributed by atoms with Crippen LogP contribution in [0.15, 0.2) is 10.5 Å². The maximum atomic E-state index is 5.98. The van der Waals surface area contributed by atoms with Gasteiger partial charge >= 0.3 is 0 Å². The highest BCUT2D eigenvalue weighted by Gasteiger charge is 2.22. The summed E-state index contributed by atoms with van der Waals surface area (Å²) in [7, 11) is 2.19. The molecule has 0 saturated carbocycles. The summed E-state index contributed by atoms with van der Waals surface area (Å²) in [5.74, 6) is 0.720. The topological polar surface area (TPSA) is 29.3 Å². The van der Waals surface area contributed by atoms with Gasteiger partial charge in [-0.25, -0.2) is 0 Å². The monoisotopic (exact) mass is 332 g/mol. The molecule has 0 aromatic carbocycles. The Labute approximate surface area is 124 Å². The number of nitrogens with zero attached hydrogens (tertiary/aromatic N) is 1. The van der Waals surface area contributed by atoms with Crippen molar-refractivity contribution < 1.29 is 0 Å². The Morgan fingerprint density at radius 3 is 2.39 bits per heavy atom. The molecule has 1 aromatic rings. The normalized spacial score (nSPS) is 15.4. The molecular weight excluding hydrogens is 308 g/mol. The zero-order valence-electron chi connectivity index (χ0n) is 12.0. The van der Waals surface area contributed by atoms with Crippen molar-refractivity contribution in [3.63, 3.8) is 0 Å². The van der Waals surface area contributed by atoms with Crippen molar-refractivity contribution in [3.05, 3.63) is 20.3 Å². The molecule has 1 rings (SSSR count). The summed E-state index contributed by atoms with van der Waals surface area (Å²) in [6.45, 7) is 9.65. The SMILES string of the molecule is Cc1sc(C(CN)N(C)C(C)CC(C)C)cc1Br. The van der Waals surface area contributed by atoms with Crippen LogP contribution in [-0.4, -0.2) is 24.5 Å². The van der Waals surface area contributed by atoms with Gasteiger partial charge in [0.15, 0.2) is 0 Å². The van der Waals surface area contributed by atoms with Crippen molar-refractivity contribution in [1.29, 1.82) is 0 Å². The van der Waals surface area contributed by atoms with Gasteiger partial charge in [0.2, 0.25) is 0 Å². The first-order valence-corrected chi connectivity index (χ1v) is 8.15. The van der Waals surface area contributed by atoms with Gasteiger partial charge in [-0.05, 0) is 55.2 Å². The van der Waals surface area contributed by atoms with Crippen LogP contribution in [0.25, 0.3) is 0 Å². The second-order valence-corrected chi connectivity index (χ2v) is 7.59. The molecule has 0 fully saturated rings. The summed E-state index contributed by atoms with van der Waals surface area (Å²) in [6.07, 6.45) is 1.21. The minimum Gasteiger partial charge on any atom is -0.329 e. The quantitative estimate of drug-likeness (QED) is 0.846. The fourth-order valence-corrected chi connectivity index (χ4v) is 4.01. The maximum Gasteiger partial charge on any atom is 0.0564 e. The van der Waals surface area contributed by atoms with Gasteiger partial charge in [0.25, 0.3) is 0 Å². The molecule has 0 aliphatic rings. The fraction of sp³-hybridized carbons (Fsp3) is 0.714. The Balaban J connectivity index is 2.82. The van der Waals surface area contributed by atoms with Crippen LogP contribution in [0.3, 0.4) is 0 Å². The van der Waals surface area contributed by atoms with Crippen LogP contribution >= 0.6 is 27.3 Å². The standard InChI is InChI=1S/C14H25BrN2S/c1-9(2)6-10(3)17(5)13(8-16)14-7-12(15)11(4)18-14/h7,9-10,13H,6,8,16H2,1-5H3. The fourth-order valence-electron chi connectivity index (χ4n) is 2.28. The van der Waals surface area contributed by atoms with Gasteiger partial charge in [-0.3, -0.25) is 4.90 Å². The van der Waals surface area contributed by atoms with Crippen LogP contribution in [0.2, 0.25) is 0 Å². The third-order valence-corrected chi connectivity index (χ3v) is 5.67. The molecule has 1 aromatic heterocycles. The third-order valence-electron chi connectivity index (χ3n) is 3.43. The molecule has 0 amide bonds. The first-order valence-electron chi connectivity index (χ1n) is 6.54. The van der Waals surface area contributed by atoms with Crippen LogP contribution in [0, 0.1) is 12.8 Å². The molecular formula is C14H25BrN2S. The Kier molecular flexibility index (Phi) is 6.31. The van der Waals surface area contributed by atoms with Crippen LogP contribution in [0.5, 0.6) is 0 Å². The van der Waals surface area contributed by atoms with E-state index in [0.717, 1.165) is 5.92 Å². The van der Waals surface area contributed by atoms with Crippen molar-refractivity contribution >= 4 is 27.3 Å². The van der Waals surface area contributed by atoms with Gasteiger partial charge < -0.3 is 5.73 Å². The van der Waals surface area contributed by atoms with Gasteiger partial charge in [0, 0.05) is 26.8 Å². The van der Waals surface area contributed by atoms with Gasteiger partial charge in [0.05, 0.1) is 6.04 Å². The molecule has 0 saturated heterocycles. The molecule has 0 radical (unpaired) electrons. The number of aryl methyl sites for hydroxylation is 1. The first-order chi connectivity index (χ1) is 8.36. The Bertz CT molecular complexity index is 356. The van der Waals surface area contributed by atoms with Crippen LogP contribution in [0.1, 0.15) is 43.0 Å². The Morgan fingerprint density at radius 2 is 2.00 bits per heavy atom. The number of thiophene rings is 1. The average molecular weight is 333 g/mol. The number of hydrogen-bond acceptors (Lipinski definition) is 3. The van der Waals surface area contributed by atoms with Crippen LogP contribution < -0.4 is 5.73 Å². The van der Waals surface area contributed by atoms with E-state index in [1.165, 1.54) is 20.6 Å². The summed E-state index contributed by atoms with van der Waals surface area (Å²) in [5, 5.41) is 0. The van der Waals surface area contributed by atoms with Crippen molar-refractivity contribution in [2.75, 3.05) is 13.6 Å². The summed E-state index contributed by atoms with van der Waals surface area (Å²) < 4.78 is 1.20. The van der Waals surface area contributed by atoms with E-state index in [9.17, 15) is 0 Å². The van der Waals surface area contributed by atoms with E-state index in [1.807, 2.05) is 11.3 Å². The predicted molar refractivity (Wildman–Crippen MR) is 85.2 cm³/mol. The number of rotatable bonds is 6. The molecule has 0 spiro atoms. The van der Waals surface area contributed by atoms with E-state index in [4.69, 9.17) is 5.73 Å². The van der Waals surface area contributed by atoms with Gasteiger partial charge in [-0.1, -0.05) is 13.8 Å². The zero-order valence-corrected chi connectivity index (χ0v) is 14.4. The largest absolute Gasteiger partial charge is 0.329 e. The molecule has 4 heteroatoms. The summed E-state index contributed by atoms with van der Waals surface area (Å²) in [4.78, 5) is 5.10. The van der Waals surface area contributed by atoms with E-state index < -0.39 is 0 Å². The number of halogens is 1. The lowest BCUT2D eigenvalue weighted by Crippen LogP contribution is -2.37. The molecule has 0 bridgehead atoms. The molecule has 2 atom stereocenters. The first kappa shape index (κ1) is 16.2. The van der Waals surface area contributed by atoms with E-state index in [0.29, 0.717) is 18.6 Å². The lowest BCUT2D eigenvalue weighted by atomic mass is 10.0. The second kappa shape index (κ2) is 7.04. The molecule has 18 heavy (non-hydrogen) atoms. The summed E-state index contributed by atoms with van der Waals surface area (Å²) >= 11 is 5.43. The number of likely N-dealkylation sites (N-methyl/N-ethyl adjacent to an activating group) is 1.